The zero-order chi connectivity index (χ0) is 26.9. The summed E-state index contributed by atoms with van der Waals surface area (Å²) in [6, 6.07) is 5.91. The van der Waals surface area contributed by atoms with E-state index in [0.717, 1.165) is 17.7 Å². The number of halogens is 2. The van der Waals surface area contributed by atoms with E-state index in [1.54, 1.807) is 13.0 Å². The van der Waals surface area contributed by atoms with Gasteiger partial charge in [-0.25, -0.2) is 4.39 Å². The normalized spacial score (nSPS) is 12.5. The van der Waals surface area contributed by atoms with E-state index >= 15 is 0 Å². The lowest BCUT2D eigenvalue weighted by atomic mass is 9.96. The fourth-order valence-electron chi connectivity index (χ4n) is 3.98. The van der Waals surface area contributed by atoms with Gasteiger partial charge in [-0.1, -0.05) is 0 Å². The highest BCUT2D eigenvalue weighted by atomic mass is 79.9. The third-order valence-electron chi connectivity index (χ3n) is 5.87. The molecule has 0 unspecified atom stereocenters. The molecule has 0 aliphatic heterocycles. The summed E-state index contributed by atoms with van der Waals surface area (Å²) in [4.78, 5) is 14.7. The lowest BCUT2D eigenvalue weighted by Gasteiger charge is -2.20. The van der Waals surface area contributed by atoms with Crippen molar-refractivity contribution in [3.8, 4) is 17.0 Å². The number of hydrogen-bond donors (Lipinski definition) is 0. The molecule has 3 heterocycles. The van der Waals surface area contributed by atoms with Gasteiger partial charge in [0.2, 0.25) is 5.75 Å². The van der Waals surface area contributed by atoms with E-state index in [1.165, 1.54) is 24.4 Å². The zero-order valence-electron chi connectivity index (χ0n) is 21.3. The number of aromatic nitrogens is 5. The number of hydrogen-bond acceptors (Lipinski definition) is 6. The lowest BCUT2D eigenvalue weighted by Crippen LogP contribution is -2.22. The van der Waals surface area contributed by atoms with Crippen molar-refractivity contribution in [1.29, 1.82) is 0 Å². The molecule has 4 rings (SSSR count). The molecule has 0 saturated heterocycles. The summed E-state index contributed by atoms with van der Waals surface area (Å²) in [7, 11) is 0. The van der Waals surface area contributed by atoms with E-state index < -0.39 is 22.7 Å². The topological polar surface area (TPSA) is 101 Å². The van der Waals surface area contributed by atoms with Crippen LogP contribution in [0.15, 0.2) is 53.5 Å². The van der Waals surface area contributed by atoms with Gasteiger partial charge in [-0.05, 0) is 84.2 Å². The average Bonchev–Trinajstić information content (AvgIpc) is 3.46. The fraction of sp³-hybridized carbons (Fsp3) is 0.346. The van der Waals surface area contributed by atoms with Crippen LogP contribution in [0.1, 0.15) is 57.4 Å². The molecule has 11 heteroatoms. The lowest BCUT2D eigenvalue weighted by molar-refractivity contribution is -0.390. The highest BCUT2D eigenvalue weighted by molar-refractivity contribution is 9.10. The van der Waals surface area contributed by atoms with Crippen LogP contribution in [0.4, 0.5) is 10.2 Å². The summed E-state index contributed by atoms with van der Waals surface area (Å²) < 4.78 is 24.8. The molecule has 0 N–H and O–H groups in total. The quantitative estimate of drug-likeness (QED) is 0.178. The van der Waals surface area contributed by atoms with E-state index in [-0.39, 0.29) is 11.3 Å². The Balaban J connectivity index is 1.80. The Bertz CT molecular complexity index is 1440. The van der Waals surface area contributed by atoms with Crippen LogP contribution in [0.2, 0.25) is 0 Å². The molecule has 1 atom stereocenters. The van der Waals surface area contributed by atoms with Crippen LogP contribution in [0.5, 0.6) is 5.75 Å². The number of aryl methyl sites for hydroxylation is 1. The van der Waals surface area contributed by atoms with Crippen molar-refractivity contribution in [1.82, 2.24) is 24.5 Å². The van der Waals surface area contributed by atoms with E-state index in [0.29, 0.717) is 27.7 Å². The Morgan fingerprint density at radius 2 is 1.97 bits per heavy atom. The van der Waals surface area contributed by atoms with Crippen molar-refractivity contribution in [2.75, 3.05) is 0 Å². The molecule has 0 spiro atoms. The fourth-order valence-corrected chi connectivity index (χ4v) is 4.29. The summed E-state index contributed by atoms with van der Waals surface area (Å²) in [5, 5.41) is 20.8. The summed E-state index contributed by atoms with van der Waals surface area (Å²) in [5.74, 6) is -0.884. The van der Waals surface area contributed by atoms with Gasteiger partial charge in [0.25, 0.3) is 0 Å². The Labute approximate surface area is 222 Å². The van der Waals surface area contributed by atoms with E-state index in [4.69, 9.17) is 9.84 Å². The van der Waals surface area contributed by atoms with Gasteiger partial charge in [0.05, 0.1) is 21.9 Å². The molecule has 37 heavy (non-hydrogen) atoms. The Morgan fingerprint density at radius 1 is 1.22 bits per heavy atom. The van der Waals surface area contributed by atoms with Gasteiger partial charge < -0.3 is 14.9 Å². The minimum Gasteiger partial charge on any atom is -0.478 e. The van der Waals surface area contributed by atoms with E-state index in [2.05, 4.69) is 46.8 Å². The Hall–Kier alpha value is -3.60. The van der Waals surface area contributed by atoms with Crippen molar-refractivity contribution in [2.24, 2.45) is 0 Å². The Morgan fingerprint density at radius 3 is 2.62 bits per heavy atom. The molecule has 9 nitrogen and oxygen atoms in total. The van der Waals surface area contributed by atoms with Crippen LogP contribution in [-0.4, -0.2) is 29.5 Å². The maximum absolute atomic E-state index is 14.5. The van der Waals surface area contributed by atoms with Gasteiger partial charge in [0.1, 0.15) is 11.9 Å². The average molecular weight is 571 g/mol. The van der Waals surface area contributed by atoms with Crippen molar-refractivity contribution >= 4 is 21.7 Å². The molecule has 0 saturated carbocycles. The standard InChI is InChI=1S/C26H28BrFN6O3/c1-6-32-14-17(12-30-32)9-18-15-33(26(3,4)5)31-24(18)21-8-7-20(28)11-22(21)16(2)37-23-10-19(27)13-29-25(23)34(35)36/h7-8,10-16H,6,9H2,1-5H3/t16-/m1/s1. The number of nitro groups is 1. The maximum atomic E-state index is 14.5. The third kappa shape index (κ3) is 5.87. The van der Waals surface area contributed by atoms with Crippen molar-refractivity contribution in [3.63, 3.8) is 0 Å². The molecule has 1 aromatic carbocycles. The number of pyridine rings is 1. The van der Waals surface area contributed by atoms with Gasteiger partial charge in [0, 0.05) is 48.1 Å². The zero-order valence-corrected chi connectivity index (χ0v) is 22.9. The summed E-state index contributed by atoms with van der Waals surface area (Å²) in [6.45, 7) is 10.7. The van der Waals surface area contributed by atoms with Gasteiger partial charge in [-0.2, -0.15) is 10.2 Å². The van der Waals surface area contributed by atoms with Crippen LogP contribution in [0, 0.1) is 15.9 Å². The van der Waals surface area contributed by atoms with E-state index in [1.807, 2.05) is 34.9 Å². The molecule has 0 aliphatic carbocycles. The highest BCUT2D eigenvalue weighted by Crippen LogP contribution is 2.37. The second kappa shape index (κ2) is 10.4. The summed E-state index contributed by atoms with van der Waals surface area (Å²) in [5.41, 5.74) is 3.57. The van der Waals surface area contributed by atoms with Crippen LogP contribution < -0.4 is 4.74 Å². The molecular weight excluding hydrogens is 543 g/mol. The third-order valence-corrected chi connectivity index (χ3v) is 6.30. The van der Waals surface area contributed by atoms with E-state index in [9.17, 15) is 14.5 Å². The number of ether oxygens (including phenoxy) is 1. The first kappa shape index (κ1) is 26.5. The smallest absolute Gasteiger partial charge is 0.406 e. The highest BCUT2D eigenvalue weighted by Gasteiger charge is 2.26. The first-order valence-corrected chi connectivity index (χ1v) is 12.6. The van der Waals surface area contributed by atoms with Gasteiger partial charge >= 0.3 is 5.82 Å². The van der Waals surface area contributed by atoms with Gasteiger partial charge in [-0.15, -0.1) is 0 Å². The molecule has 194 valence electrons. The molecule has 3 aromatic heterocycles. The number of rotatable bonds is 8. The van der Waals surface area contributed by atoms with Crippen molar-refractivity contribution in [3.05, 3.63) is 86.1 Å². The minimum atomic E-state index is -0.740. The Kier molecular flexibility index (Phi) is 7.44. The molecule has 0 amide bonds. The second-order valence-electron chi connectivity index (χ2n) is 9.72. The molecule has 4 aromatic rings. The SMILES string of the molecule is CCn1cc(Cc2cn(C(C)(C)C)nc2-c2ccc(F)cc2[C@@H](C)Oc2cc(Br)cnc2[N+](=O)[O-])cn1. The monoisotopic (exact) mass is 570 g/mol. The molecule has 0 radical (unpaired) electrons. The van der Waals surface area contributed by atoms with Gasteiger partial charge in [-0.3, -0.25) is 9.36 Å². The predicted molar refractivity (Wildman–Crippen MR) is 141 cm³/mol. The first-order valence-electron chi connectivity index (χ1n) is 11.8. The van der Waals surface area contributed by atoms with Crippen LogP contribution >= 0.6 is 15.9 Å². The van der Waals surface area contributed by atoms with Crippen molar-refractivity contribution in [2.45, 2.75) is 59.2 Å². The summed E-state index contributed by atoms with van der Waals surface area (Å²) >= 11 is 3.28. The predicted octanol–water partition coefficient (Wildman–Crippen LogP) is 6.46. The number of nitrogens with zero attached hydrogens (tertiary/aromatic N) is 6. The van der Waals surface area contributed by atoms with Gasteiger partial charge in [0.15, 0.2) is 6.20 Å². The van der Waals surface area contributed by atoms with Crippen LogP contribution in [-0.2, 0) is 18.5 Å². The van der Waals surface area contributed by atoms with Crippen LogP contribution in [0.3, 0.4) is 0 Å². The number of benzene rings is 1. The van der Waals surface area contributed by atoms with Crippen molar-refractivity contribution < 1.29 is 14.1 Å². The molecule has 0 aliphatic rings. The first-order chi connectivity index (χ1) is 17.5. The largest absolute Gasteiger partial charge is 0.478 e. The summed E-state index contributed by atoms with van der Waals surface area (Å²) in [6.07, 6.45) is 7.00. The molecule has 0 fully saturated rings. The second-order valence-corrected chi connectivity index (χ2v) is 10.6. The van der Waals surface area contributed by atoms with Crippen LogP contribution in [0.25, 0.3) is 11.3 Å². The molecular formula is C26H28BrFN6O3. The maximum Gasteiger partial charge on any atom is 0.406 e. The molecule has 0 bridgehead atoms. The minimum absolute atomic E-state index is 0.0190.